The van der Waals surface area contributed by atoms with Crippen LogP contribution >= 0.6 is 0 Å². The van der Waals surface area contributed by atoms with Crippen molar-refractivity contribution in [2.24, 2.45) is 5.92 Å². The summed E-state index contributed by atoms with van der Waals surface area (Å²) in [5.41, 5.74) is 0.644. The Morgan fingerprint density at radius 2 is 2.00 bits per heavy atom. The number of nitrogens with zero attached hydrogens (tertiary/aromatic N) is 1. The van der Waals surface area contributed by atoms with E-state index in [4.69, 9.17) is 28.8 Å². The zero-order valence-corrected chi connectivity index (χ0v) is 19.4. The van der Waals surface area contributed by atoms with Crippen LogP contribution in [0.15, 0.2) is 11.6 Å². The highest BCUT2D eigenvalue weighted by molar-refractivity contribution is 5.69. The highest BCUT2D eigenvalue weighted by Crippen LogP contribution is 2.59. The third kappa shape index (κ3) is 4.66. The topological polar surface area (TPSA) is 110 Å². The third-order valence-corrected chi connectivity index (χ3v) is 7.26. The van der Waals surface area contributed by atoms with Crippen LogP contribution in [0.3, 0.4) is 0 Å². The molecule has 180 valence electrons. The van der Waals surface area contributed by atoms with Crippen molar-refractivity contribution < 1.29 is 38.4 Å². The zero-order chi connectivity index (χ0) is 23.1. The van der Waals surface area contributed by atoms with Gasteiger partial charge in [0, 0.05) is 7.11 Å². The predicted octanol–water partition coefficient (Wildman–Crippen LogP) is 2.37. The summed E-state index contributed by atoms with van der Waals surface area (Å²) in [7, 11) is 1.66. The van der Waals surface area contributed by atoms with Crippen molar-refractivity contribution >= 4 is 12.1 Å². The fraction of sp³-hybridized carbons (Fsp3) is 0.826. The maximum Gasteiger partial charge on any atom is 0.410 e. The van der Waals surface area contributed by atoms with Crippen LogP contribution < -0.4 is 0 Å². The van der Waals surface area contributed by atoms with Gasteiger partial charge in [0.2, 0.25) is 0 Å². The Morgan fingerprint density at radius 1 is 1.28 bits per heavy atom. The van der Waals surface area contributed by atoms with Crippen molar-refractivity contribution in [3.63, 3.8) is 0 Å². The Kier molecular flexibility index (Phi) is 6.55. The maximum atomic E-state index is 12.7. The first-order valence-corrected chi connectivity index (χ1v) is 11.5. The largest absolute Gasteiger partial charge is 0.481 e. The minimum atomic E-state index is -0.896. The summed E-state index contributed by atoms with van der Waals surface area (Å²) < 4.78 is 29.4. The lowest BCUT2D eigenvalue weighted by molar-refractivity contribution is -0.140. The van der Waals surface area contributed by atoms with Crippen molar-refractivity contribution in [2.75, 3.05) is 33.4 Å². The number of allylic oxidation sites excluding steroid dienone is 1. The van der Waals surface area contributed by atoms with Gasteiger partial charge in [-0.2, -0.15) is 0 Å². The minimum Gasteiger partial charge on any atom is -0.481 e. The molecule has 1 aliphatic carbocycles. The summed E-state index contributed by atoms with van der Waals surface area (Å²) in [5.74, 6) is -0.905. The molecule has 3 aliphatic heterocycles. The van der Waals surface area contributed by atoms with Crippen LogP contribution in [0.1, 0.15) is 46.5 Å². The Morgan fingerprint density at radius 3 is 2.59 bits per heavy atom. The quantitative estimate of drug-likeness (QED) is 0.419. The Bertz CT molecular complexity index is 755. The second-order valence-electron chi connectivity index (χ2n) is 9.84. The van der Waals surface area contributed by atoms with Gasteiger partial charge >= 0.3 is 12.1 Å². The maximum absolute atomic E-state index is 12.7. The van der Waals surface area contributed by atoms with E-state index in [0.29, 0.717) is 26.1 Å². The molecular weight excluding hydrogens is 418 g/mol. The van der Waals surface area contributed by atoms with E-state index in [0.717, 1.165) is 12.8 Å². The number of carboxylic acids is 1. The number of aliphatic carboxylic acids is 1. The summed E-state index contributed by atoms with van der Waals surface area (Å²) >= 11 is 0. The number of amides is 1. The molecular formula is C23H35NO8. The summed E-state index contributed by atoms with van der Waals surface area (Å²) in [4.78, 5) is 24.9. The van der Waals surface area contributed by atoms with Crippen molar-refractivity contribution in [3.8, 4) is 0 Å². The van der Waals surface area contributed by atoms with Gasteiger partial charge in [0.1, 0.15) is 23.4 Å². The van der Waals surface area contributed by atoms with E-state index in [2.05, 4.69) is 26.8 Å². The summed E-state index contributed by atoms with van der Waals surface area (Å²) in [6.45, 7) is 7.93. The third-order valence-electron chi connectivity index (χ3n) is 7.26. The lowest BCUT2D eigenvalue weighted by Gasteiger charge is -2.44. The molecule has 3 heterocycles. The molecule has 1 amide bonds. The molecule has 4 aliphatic rings. The van der Waals surface area contributed by atoms with Crippen LogP contribution in [0.2, 0.25) is 0 Å². The number of carbonyl (C=O) groups excluding carboxylic acids is 1. The van der Waals surface area contributed by atoms with E-state index >= 15 is 0 Å². The van der Waals surface area contributed by atoms with Gasteiger partial charge in [-0.3, -0.25) is 4.79 Å². The highest BCUT2D eigenvalue weighted by atomic mass is 16.6. The van der Waals surface area contributed by atoms with Gasteiger partial charge in [-0.05, 0) is 40.0 Å². The number of carboxylic acid groups (broad SMARTS) is 1. The van der Waals surface area contributed by atoms with Crippen LogP contribution in [-0.4, -0.2) is 91.1 Å². The van der Waals surface area contributed by atoms with Crippen LogP contribution in [-0.2, 0) is 28.5 Å². The minimum absolute atomic E-state index is 0.00870. The fourth-order valence-electron chi connectivity index (χ4n) is 5.28. The smallest absolute Gasteiger partial charge is 0.410 e. The van der Waals surface area contributed by atoms with Gasteiger partial charge < -0.3 is 33.7 Å². The van der Waals surface area contributed by atoms with Gasteiger partial charge in [-0.1, -0.05) is 11.6 Å². The first kappa shape index (κ1) is 23.5. The molecule has 32 heavy (non-hydrogen) atoms. The van der Waals surface area contributed by atoms with Crippen molar-refractivity contribution in [1.82, 2.24) is 4.90 Å². The van der Waals surface area contributed by atoms with E-state index in [1.54, 1.807) is 12.0 Å². The normalized spacial score (nSPS) is 38.2. The number of carbonyl (C=O) groups is 2. The van der Waals surface area contributed by atoms with E-state index in [1.165, 1.54) is 5.57 Å². The molecule has 0 aromatic carbocycles. The molecule has 0 aromatic heterocycles. The SMILES string of the molecule is CO[C@@H]1[C@H](OC(=O)N2CC(OCCC(=O)O)C2)CC[C@]2(CO2)[C@H]1[C@@]1(C)O[C@@H]1CC=C(C)C. The molecule has 0 radical (unpaired) electrons. The monoisotopic (exact) mass is 453 g/mol. The van der Waals surface area contributed by atoms with Crippen LogP contribution in [0, 0.1) is 5.92 Å². The van der Waals surface area contributed by atoms with Crippen LogP contribution in [0.5, 0.6) is 0 Å². The molecule has 9 heteroatoms. The van der Waals surface area contributed by atoms with E-state index in [1.807, 2.05) is 0 Å². The number of rotatable bonds is 9. The first-order valence-electron chi connectivity index (χ1n) is 11.5. The van der Waals surface area contributed by atoms with Crippen molar-refractivity contribution in [1.29, 1.82) is 0 Å². The zero-order valence-electron chi connectivity index (χ0n) is 19.4. The van der Waals surface area contributed by atoms with E-state index in [9.17, 15) is 9.59 Å². The molecule has 3 saturated heterocycles. The highest BCUT2D eigenvalue weighted by Gasteiger charge is 2.72. The van der Waals surface area contributed by atoms with Crippen molar-refractivity contribution in [2.45, 2.75) is 82.1 Å². The van der Waals surface area contributed by atoms with Gasteiger partial charge in [0.05, 0.1) is 50.8 Å². The molecule has 1 N–H and O–H groups in total. The molecule has 6 atom stereocenters. The number of ether oxygens (including phenoxy) is 5. The van der Waals surface area contributed by atoms with Crippen LogP contribution in [0.25, 0.3) is 0 Å². The summed E-state index contributed by atoms with van der Waals surface area (Å²) in [6, 6.07) is 0. The first-order chi connectivity index (χ1) is 15.2. The second-order valence-corrected chi connectivity index (χ2v) is 9.84. The van der Waals surface area contributed by atoms with Gasteiger partial charge in [0.25, 0.3) is 0 Å². The van der Waals surface area contributed by atoms with Crippen LogP contribution in [0.4, 0.5) is 4.79 Å². The molecule has 0 bridgehead atoms. The Hall–Kier alpha value is -1.68. The van der Waals surface area contributed by atoms with Gasteiger partial charge in [0.15, 0.2) is 0 Å². The number of hydrogen-bond acceptors (Lipinski definition) is 7. The van der Waals surface area contributed by atoms with Gasteiger partial charge in [-0.25, -0.2) is 4.79 Å². The van der Waals surface area contributed by atoms with Gasteiger partial charge in [-0.15, -0.1) is 0 Å². The number of hydrogen-bond donors (Lipinski definition) is 1. The summed E-state index contributed by atoms with van der Waals surface area (Å²) in [6.07, 6.45) is 3.40. The lowest BCUT2D eigenvalue weighted by Crippen LogP contribution is -2.59. The standard InChI is InChI=1S/C23H35NO8/c1-14(2)5-6-17-22(3,32-17)20-19(28-4)16(7-9-23(20)13-30-23)31-21(27)24-11-15(12-24)29-10-8-18(25)26/h5,15-17,19-20H,6-13H2,1-4H3,(H,25,26)/t16-,17-,19-,20-,22+,23+/m1/s1. The molecule has 1 spiro atoms. The Balaban J connectivity index is 1.34. The Labute approximate surface area is 188 Å². The lowest BCUT2D eigenvalue weighted by atomic mass is 9.68. The molecule has 0 unspecified atom stereocenters. The average molecular weight is 454 g/mol. The number of epoxide rings is 2. The molecule has 9 nitrogen and oxygen atoms in total. The van der Waals surface area contributed by atoms with E-state index < -0.39 is 5.97 Å². The van der Waals surface area contributed by atoms with E-state index in [-0.39, 0.29) is 60.7 Å². The molecule has 1 saturated carbocycles. The number of methoxy groups -OCH3 is 1. The predicted molar refractivity (Wildman–Crippen MR) is 113 cm³/mol. The molecule has 0 aromatic rings. The molecule has 4 fully saturated rings. The molecule has 4 rings (SSSR count). The summed E-state index contributed by atoms with van der Waals surface area (Å²) in [5, 5.41) is 8.69. The number of likely N-dealkylation sites (tertiary alicyclic amines) is 1. The fourth-order valence-corrected chi connectivity index (χ4v) is 5.28. The second kappa shape index (κ2) is 8.93. The van der Waals surface area contributed by atoms with Crippen molar-refractivity contribution in [3.05, 3.63) is 11.6 Å². The average Bonchev–Trinajstić information content (AvgIpc) is 3.60.